The lowest BCUT2D eigenvalue weighted by molar-refractivity contribution is -0.174. The minimum atomic E-state index is -4.91. The number of phosphoric ester groups is 1. The topological polar surface area (TPSA) is 66.8 Å². The van der Waals surface area contributed by atoms with E-state index in [0.717, 1.165) is 0 Å². The summed E-state index contributed by atoms with van der Waals surface area (Å²) in [4.78, 5) is 17.1. The van der Waals surface area contributed by atoms with Gasteiger partial charge in [0.25, 0.3) is 0 Å². The Morgan fingerprint density at radius 3 is 1.80 bits per heavy atom. The number of phosphoric acid groups is 1. The first-order valence-corrected chi connectivity index (χ1v) is 5.89. The van der Waals surface area contributed by atoms with Crippen molar-refractivity contribution in [3.63, 3.8) is 0 Å². The molecule has 2 N–H and O–H groups in total. The van der Waals surface area contributed by atoms with Crippen LogP contribution < -0.4 is 0 Å². The minimum absolute atomic E-state index is 0.117. The van der Waals surface area contributed by atoms with E-state index < -0.39 is 26.0 Å². The van der Waals surface area contributed by atoms with Gasteiger partial charge < -0.3 is 9.79 Å². The zero-order chi connectivity index (χ0) is 12.3. The molecule has 0 unspecified atom stereocenters. The van der Waals surface area contributed by atoms with Gasteiger partial charge in [0.2, 0.25) is 0 Å². The molecule has 0 aliphatic rings. The van der Waals surface area contributed by atoms with Crippen LogP contribution in [0.3, 0.4) is 0 Å². The van der Waals surface area contributed by atoms with Crippen molar-refractivity contribution in [2.45, 2.75) is 44.9 Å². The van der Waals surface area contributed by atoms with Crippen LogP contribution in [0.15, 0.2) is 0 Å². The molecule has 0 spiro atoms. The Balaban J connectivity index is 4.81. The highest BCUT2D eigenvalue weighted by molar-refractivity contribution is 7.46. The van der Waals surface area contributed by atoms with Crippen molar-refractivity contribution in [3.8, 4) is 0 Å². The maximum Gasteiger partial charge on any atom is 0.470 e. The second kappa shape index (κ2) is 4.82. The molecule has 0 heterocycles. The molecule has 0 rings (SSSR count). The standard InChI is InChI=1S/C7H14F3O4P/c1-3-6(4-2,5-7(8,9)10)14-15(11,12)13/h3-5H2,1-2H3,(H2,11,12,13). The number of alkyl halides is 3. The molecule has 8 heteroatoms. The highest BCUT2D eigenvalue weighted by atomic mass is 31.2. The molecule has 0 atom stereocenters. The van der Waals surface area contributed by atoms with Gasteiger partial charge in [0.1, 0.15) is 0 Å². The van der Waals surface area contributed by atoms with Crippen molar-refractivity contribution in [1.82, 2.24) is 0 Å². The molecular weight excluding hydrogens is 236 g/mol. The van der Waals surface area contributed by atoms with E-state index in [1.807, 2.05) is 0 Å². The fourth-order valence-corrected chi connectivity index (χ4v) is 2.11. The molecule has 0 saturated carbocycles. The molecule has 0 aromatic carbocycles. The summed E-state index contributed by atoms with van der Waals surface area (Å²) in [7, 11) is -4.91. The summed E-state index contributed by atoms with van der Waals surface area (Å²) in [5, 5.41) is 0. The van der Waals surface area contributed by atoms with Gasteiger partial charge in [0.05, 0.1) is 12.0 Å². The van der Waals surface area contributed by atoms with Crippen LogP contribution in [0.5, 0.6) is 0 Å². The van der Waals surface area contributed by atoms with Gasteiger partial charge in [-0.25, -0.2) is 4.57 Å². The van der Waals surface area contributed by atoms with E-state index in [-0.39, 0.29) is 12.8 Å². The maximum atomic E-state index is 12.2. The predicted octanol–water partition coefficient (Wildman–Crippen LogP) is 2.61. The fourth-order valence-electron chi connectivity index (χ4n) is 1.28. The first kappa shape index (κ1) is 14.9. The molecule has 0 aromatic rings. The summed E-state index contributed by atoms with van der Waals surface area (Å²) < 4.78 is 51.3. The summed E-state index contributed by atoms with van der Waals surface area (Å²) in [6.45, 7) is 2.79. The normalized spacial score (nSPS) is 14.3. The lowest BCUT2D eigenvalue weighted by atomic mass is 9.93. The Morgan fingerprint density at radius 2 is 1.60 bits per heavy atom. The first-order valence-electron chi connectivity index (χ1n) is 4.36. The molecular formula is C7H14F3O4P. The van der Waals surface area contributed by atoms with Crippen molar-refractivity contribution in [2.75, 3.05) is 0 Å². The Morgan fingerprint density at radius 1 is 1.20 bits per heavy atom. The van der Waals surface area contributed by atoms with Crippen LogP contribution in [-0.4, -0.2) is 21.6 Å². The van der Waals surface area contributed by atoms with Crippen molar-refractivity contribution >= 4 is 7.82 Å². The second-order valence-corrected chi connectivity index (χ2v) is 4.43. The molecule has 0 bridgehead atoms. The smallest absolute Gasteiger partial charge is 0.303 e. The van der Waals surface area contributed by atoms with Crippen LogP contribution in [0.4, 0.5) is 13.2 Å². The summed E-state index contributed by atoms with van der Waals surface area (Å²) in [5.41, 5.74) is -1.84. The molecule has 0 radical (unpaired) electrons. The SMILES string of the molecule is CCC(CC)(CC(F)(F)F)OP(=O)(O)O. The van der Waals surface area contributed by atoms with Gasteiger partial charge in [-0.2, -0.15) is 13.2 Å². The third-order valence-corrected chi connectivity index (χ3v) is 2.75. The Kier molecular flexibility index (Phi) is 4.79. The van der Waals surface area contributed by atoms with Gasteiger partial charge in [-0.15, -0.1) is 0 Å². The fraction of sp³-hybridized carbons (Fsp3) is 1.00. The summed E-state index contributed by atoms with van der Waals surface area (Å²) in [6, 6.07) is 0. The lowest BCUT2D eigenvalue weighted by Gasteiger charge is -2.32. The third kappa shape index (κ3) is 6.14. The summed E-state index contributed by atoms with van der Waals surface area (Å²) in [6.07, 6.45) is -6.11. The Hall–Kier alpha value is -0.100. The van der Waals surface area contributed by atoms with Crippen LogP contribution >= 0.6 is 7.82 Å². The largest absolute Gasteiger partial charge is 0.470 e. The van der Waals surface area contributed by atoms with Gasteiger partial charge >= 0.3 is 14.0 Å². The van der Waals surface area contributed by atoms with E-state index in [1.54, 1.807) is 0 Å². The zero-order valence-corrected chi connectivity index (χ0v) is 9.31. The highest BCUT2D eigenvalue weighted by Crippen LogP contribution is 2.47. The minimum Gasteiger partial charge on any atom is -0.303 e. The quantitative estimate of drug-likeness (QED) is 0.736. The third-order valence-electron chi connectivity index (χ3n) is 2.12. The molecule has 4 nitrogen and oxygen atoms in total. The average Bonchev–Trinajstić information content (AvgIpc) is 1.98. The molecule has 92 valence electrons. The van der Waals surface area contributed by atoms with E-state index in [0.29, 0.717) is 0 Å². The van der Waals surface area contributed by atoms with E-state index in [1.165, 1.54) is 13.8 Å². The predicted molar refractivity (Wildman–Crippen MR) is 47.1 cm³/mol. The van der Waals surface area contributed by atoms with Crippen LogP contribution in [0.1, 0.15) is 33.1 Å². The Bertz CT molecular complexity index is 243. The van der Waals surface area contributed by atoms with Crippen molar-refractivity contribution in [2.24, 2.45) is 0 Å². The summed E-state index contributed by atoms with van der Waals surface area (Å²) >= 11 is 0. The van der Waals surface area contributed by atoms with Gasteiger partial charge in [-0.05, 0) is 12.8 Å². The molecule has 0 fully saturated rings. The van der Waals surface area contributed by atoms with Gasteiger partial charge in [0, 0.05) is 0 Å². The van der Waals surface area contributed by atoms with Crippen LogP contribution in [0.2, 0.25) is 0 Å². The number of halogens is 3. The van der Waals surface area contributed by atoms with Crippen LogP contribution in [-0.2, 0) is 9.09 Å². The van der Waals surface area contributed by atoms with Gasteiger partial charge in [0.15, 0.2) is 0 Å². The zero-order valence-electron chi connectivity index (χ0n) is 8.41. The van der Waals surface area contributed by atoms with Crippen LogP contribution in [0, 0.1) is 0 Å². The molecule has 0 saturated heterocycles. The summed E-state index contributed by atoms with van der Waals surface area (Å²) in [5.74, 6) is 0. The number of hydrogen-bond donors (Lipinski definition) is 2. The van der Waals surface area contributed by atoms with Crippen molar-refractivity contribution < 1.29 is 32.0 Å². The van der Waals surface area contributed by atoms with E-state index in [4.69, 9.17) is 9.79 Å². The van der Waals surface area contributed by atoms with Crippen molar-refractivity contribution in [3.05, 3.63) is 0 Å². The molecule has 15 heavy (non-hydrogen) atoms. The van der Waals surface area contributed by atoms with E-state index in [9.17, 15) is 17.7 Å². The Labute approximate surface area is 85.7 Å². The first-order chi connectivity index (χ1) is 6.54. The average molecular weight is 250 g/mol. The number of hydrogen-bond acceptors (Lipinski definition) is 2. The molecule has 0 aromatic heterocycles. The molecule has 0 aliphatic carbocycles. The van der Waals surface area contributed by atoms with Gasteiger partial charge in [-0.1, -0.05) is 13.8 Å². The van der Waals surface area contributed by atoms with E-state index >= 15 is 0 Å². The van der Waals surface area contributed by atoms with Gasteiger partial charge in [-0.3, -0.25) is 4.52 Å². The highest BCUT2D eigenvalue weighted by Gasteiger charge is 2.44. The second-order valence-electron chi connectivity index (χ2n) is 3.26. The maximum absolute atomic E-state index is 12.2. The molecule has 0 aliphatic heterocycles. The van der Waals surface area contributed by atoms with E-state index in [2.05, 4.69) is 4.52 Å². The van der Waals surface area contributed by atoms with Crippen molar-refractivity contribution in [1.29, 1.82) is 0 Å². The van der Waals surface area contributed by atoms with Crippen LogP contribution in [0.25, 0.3) is 0 Å². The monoisotopic (exact) mass is 250 g/mol. The lowest BCUT2D eigenvalue weighted by Crippen LogP contribution is -2.35. The number of rotatable bonds is 5. The molecule has 0 amide bonds.